The van der Waals surface area contributed by atoms with Crippen molar-refractivity contribution in [1.82, 2.24) is 5.43 Å². The Labute approximate surface area is 174 Å². The molecule has 0 saturated heterocycles. The molecular weight excluding hydrogens is 388 g/mol. The maximum absolute atomic E-state index is 12.3. The third-order valence-electron chi connectivity index (χ3n) is 4.20. The fourth-order valence-corrected chi connectivity index (χ4v) is 2.87. The van der Waals surface area contributed by atoms with Crippen molar-refractivity contribution in [3.63, 3.8) is 0 Å². The molecule has 3 aromatic rings. The average molecular weight is 409 g/mol. The monoisotopic (exact) mass is 408 g/mol. The van der Waals surface area contributed by atoms with E-state index in [0.717, 1.165) is 22.4 Å². The van der Waals surface area contributed by atoms with Gasteiger partial charge in [0, 0.05) is 17.7 Å². The van der Waals surface area contributed by atoms with Crippen LogP contribution in [-0.4, -0.2) is 19.2 Å². The first kappa shape index (κ1) is 20.6. The standard InChI is InChI=1S/C23H21ClN2O3/c1-28-22(18-7-3-2-4-8-18)23(27)26-25-15-17-11-13-20(14-12-17)29-16-19-9-5-6-10-21(19)24/h2-15,22H,16H2,1H3,(H,26,27)/b25-15-/t22-/m0/s1. The molecule has 0 fully saturated rings. The van der Waals surface area contributed by atoms with E-state index in [2.05, 4.69) is 10.5 Å². The summed E-state index contributed by atoms with van der Waals surface area (Å²) >= 11 is 6.13. The second-order valence-corrected chi connectivity index (χ2v) is 6.62. The average Bonchev–Trinajstić information content (AvgIpc) is 2.75. The summed E-state index contributed by atoms with van der Waals surface area (Å²) in [6.45, 7) is 0.390. The van der Waals surface area contributed by atoms with Crippen molar-refractivity contribution in [1.29, 1.82) is 0 Å². The lowest BCUT2D eigenvalue weighted by Gasteiger charge is -2.13. The normalized spacial score (nSPS) is 11.9. The minimum absolute atomic E-state index is 0.338. The molecule has 1 amide bonds. The molecule has 5 nitrogen and oxygen atoms in total. The minimum atomic E-state index is -0.714. The molecule has 6 heteroatoms. The molecule has 1 N–H and O–H groups in total. The molecule has 0 radical (unpaired) electrons. The lowest BCUT2D eigenvalue weighted by atomic mass is 10.1. The lowest BCUT2D eigenvalue weighted by Crippen LogP contribution is -2.26. The highest BCUT2D eigenvalue weighted by atomic mass is 35.5. The highest BCUT2D eigenvalue weighted by Crippen LogP contribution is 2.19. The molecule has 1 atom stereocenters. The van der Waals surface area contributed by atoms with Crippen molar-refractivity contribution in [2.45, 2.75) is 12.7 Å². The van der Waals surface area contributed by atoms with Gasteiger partial charge in [0.05, 0.1) is 6.21 Å². The number of benzene rings is 3. The Kier molecular flexibility index (Phi) is 7.39. The number of amides is 1. The quantitative estimate of drug-likeness (QED) is 0.432. The Hall–Kier alpha value is -3.15. The summed E-state index contributed by atoms with van der Waals surface area (Å²) in [5.74, 6) is 0.379. The summed E-state index contributed by atoms with van der Waals surface area (Å²) in [5, 5.41) is 4.69. The van der Waals surface area contributed by atoms with Gasteiger partial charge in [0.2, 0.25) is 0 Å². The molecule has 0 bridgehead atoms. The Morgan fingerprint density at radius 1 is 1.03 bits per heavy atom. The van der Waals surface area contributed by atoms with Crippen LogP contribution >= 0.6 is 11.6 Å². The van der Waals surface area contributed by atoms with Gasteiger partial charge in [-0.05, 0) is 41.5 Å². The van der Waals surface area contributed by atoms with Crippen LogP contribution in [0.15, 0.2) is 84.0 Å². The predicted molar refractivity (Wildman–Crippen MR) is 114 cm³/mol. The van der Waals surface area contributed by atoms with E-state index in [4.69, 9.17) is 21.1 Å². The fourth-order valence-electron chi connectivity index (χ4n) is 2.68. The molecule has 0 saturated carbocycles. The van der Waals surface area contributed by atoms with Crippen LogP contribution in [0.5, 0.6) is 5.75 Å². The first-order chi connectivity index (χ1) is 14.2. The summed E-state index contributed by atoms with van der Waals surface area (Å²) in [5.41, 5.74) is 5.02. The number of nitrogens with one attached hydrogen (secondary N) is 1. The van der Waals surface area contributed by atoms with Gasteiger partial charge in [-0.25, -0.2) is 5.43 Å². The van der Waals surface area contributed by atoms with Gasteiger partial charge in [0.25, 0.3) is 5.91 Å². The zero-order chi connectivity index (χ0) is 20.5. The number of hydrazone groups is 1. The molecule has 0 aromatic heterocycles. The minimum Gasteiger partial charge on any atom is -0.489 e. The number of nitrogens with zero attached hydrogens (tertiary/aromatic N) is 1. The topological polar surface area (TPSA) is 59.9 Å². The summed E-state index contributed by atoms with van der Waals surface area (Å²) in [4.78, 5) is 12.3. The predicted octanol–water partition coefficient (Wildman–Crippen LogP) is 4.76. The number of halogens is 1. The van der Waals surface area contributed by atoms with Gasteiger partial charge < -0.3 is 9.47 Å². The molecule has 3 aromatic carbocycles. The maximum atomic E-state index is 12.3. The van der Waals surface area contributed by atoms with Crippen molar-refractivity contribution in [3.05, 3.63) is 101 Å². The Morgan fingerprint density at radius 2 is 1.72 bits per heavy atom. The van der Waals surface area contributed by atoms with Gasteiger partial charge in [-0.15, -0.1) is 0 Å². The number of carbonyl (C=O) groups excluding carboxylic acids is 1. The molecule has 0 spiro atoms. The van der Waals surface area contributed by atoms with Crippen LogP contribution < -0.4 is 10.2 Å². The van der Waals surface area contributed by atoms with Crippen molar-refractivity contribution >= 4 is 23.7 Å². The summed E-state index contributed by atoms with van der Waals surface area (Å²) in [6.07, 6.45) is 0.849. The second-order valence-electron chi connectivity index (χ2n) is 6.21. The second kappa shape index (κ2) is 10.4. The van der Waals surface area contributed by atoms with Crippen LogP contribution in [0.3, 0.4) is 0 Å². The fraction of sp³-hybridized carbons (Fsp3) is 0.130. The number of methoxy groups -OCH3 is 1. The van der Waals surface area contributed by atoms with Crippen LogP contribution in [0.2, 0.25) is 5.02 Å². The van der Waals surface area contributed by atoms with E-state index >= 15 is 0 Å². The zero-order valence-electron chi connectivity index (χ0n) is 15.9. The third kappa shape index (κ3) is 5.91. The van der Waals surface area contributed by atoms with Gasteiger partial charge in [-0.3, -0.25) is 4.79 Å². The van der Waals surface area contributed by atoms with E-state index in [0.29, 0.717) is 11.6 Å². The van der Waals surface area contributed by atoms with Crippen LogP contribution in [0, 0.1) is 0 Å². The SMILES string of the molecule is CO[C@H](C(=O)N/N=C\c1ccc(OCc2ccccc2Cl)cc1)c1ccccc1. The Balaban J connectivity index is 1.53. The smallest absolute Gasteiger partial charge is 0.273 e. The number of hydrogen-bond acceptors (Lipinski definition) is 4. The van der Waals surface area contributed by atoms with Crippen LogP contribution in [0.1, 0.15) is 22.8 Å². The molecule has 0 heterocycles. The maximum Gasteiger partial charge on any atom is 0.273 e. The third-order valence-corrected chi connectivity index (χ3v) is 4.57. The molecule has 148 valence electrons. The zero-order valence-corrected chi connectivity index (χ0v) is 16.7. The lowest BCUT2D eigenvalue weighted by molar-refractivity contribution is -0.131. The van der Waals surface area contributed by atoms with Crippen LogP contribution in [0.25, 0.3) is 0 Å². The molecule has 29 heavy (non-hydrogen) atoms. The van der Waals surface area contributed by atoms with Gasteiger partial charge in [0.1, 0.15) is 12.4 Å². The van der Waals surface area contributed by atoms with E-state index < -0.39 is 6.10 Å². The summed E-state index contributed by atoms with van der Waals surface area (Å²) < 4.78 is 11.0. The largest absolute Gasteiger partial charge is 0.489 e. The molecular formula is C23H21ClN2O3. The van der Waals surface area contributed by atoms with Crippen molar-refractivity contribution in [2.75, 3.05) is 7.11 Å². The molecule has 0 aliphatic carbocycles. The van der Waals surface area contributed by atoms with E-state index in [9.17, 15) is 4.79 Å². The van der Waals surface area contributed by atoms with E-state index in [1.54, 1.807) is 6.21 Å². The van der Waals surface area contributed by atoms with E-state index in [-0.39, 0.29) is 5.91 Å². The highest BCUT2D eigenvalue weighted by molar-refractivity contribution is 6.31. The summed E-state index contributed by atoms with van der Waals surface area (Å²) in [7, 11) is 1.49. The van der Waals surface area contributed by atoms with Gasteiger partial charge >= 0.3 is 0 Å². The van der Waals surface area contributed by atoms with Gasteiger partial charge in [-0.2, -0.15) is 5.10 Å². The van der Waals surface area contributed by atoms with Crippen molar-refractivity contribution < 1.29 is 14.3 Å². The van der Waals surface area contributed by atoms with Crippen LogP contribution in [-0.2, 0) is 16.1 Å². The number of hydrogen-bond donors (Lipinski definition) is 1. The van der Waals surface area contributed by atoms with Gasteiger partial charge in [0.15, 0.2) is 6.10 Å². The first-order valence-corrected chi connectivity index (χ1v) is 9.42. The molecule has 0 unspecified atom stereocenters. The number of ether oxygens (including phenoxy) is 2. The number of carbonyl (C=O) groups is 1. The van der Waals surface area contributed by atoms with E-state index in [1.807, 2.05) is 78.9 Å². The van der Waals surface area contributed by atoms with Crippen LogP contribution in [0.4, 0.5) is 0 Å². The van der Waals surface area contributed by atoms with E-state index in [1.165, 1.54) is 7.11 Å². The Bertz CT molecular complexity index is 959. The molecule has 0 aliphatic rings. The number of rotatable bonds is 8. The van der Waals surface area contributed by atoms with Gasteiger partial charge in [-0.1, -0.05) is 60.1 Å². The molecule has 3 rings (SSSR count). The summed E-state index contributed by atoms with van der Waals surface area (Å²) in [6, 6.07) is 24.2. The highest BCUT2D eigenvalue weighted by Gasteiger charge is 2.19. The molecule has 0 aliphatic heterocycles. The van der Waals surface area contributed by atoms with Crippen molar-refractivity contribution in [3.8, 4) is 5.75 Å². The van der Waals surface area contributed by atoms with Crippen molar-refractivity contribution in [2.24, 2.45) is 5.10 Å². The Morgan fingerprint density at radius 3 is 2.41 bits per heavy atom. The first-order valence-electron chi connectivity index (χ1n) is 9.04.